The van der Waals surface area contributed by atoms with Crippen LogP contribution in [0.3, 0.4) is 0 Å². The summed E-state index contributed by atoms with van der Waals surface area (Å²) < 4.78 is 53.4. The SMILES string of the molecule is O=S(=O)(NCCS(=O)(=O)N1CCN(Cc2ccccc2)CC1)c1ccc(Cl)cc1. The Hall–Kier alpha value is -1.49. The van der Waals surface area contributed by atoms with Gasteiger partial charge in [-0.05, 0) is 29.8 Å². The van der Waals surface area contributed by atoms with Crippen molar-refractivity contribution >= 4 is 31.6 Å². The molecular formula is C19H24ClN3O4S2. The zero-order chi connectivity index (χ0) is 20.9. The maximum absolute atomic E-state index is 12.6. The molecule has 0 unspecified atom stereocenters. The van der Waals surface area contributed by atoms with E-state index in [0.29, 0.717) is 31.2 Å². The predicted molar refractivity (Wildman–Crippen MR) is 114 cm³/mol. The average molecular weight is 458 g/mol. The molecule has 2 aromatic carbocycles. The normalized spacial score (nSPS) is 16.7. The van der Waals surface area contributed by atoms with Crippen molar-refractivity contribution in [1.82, 2.24) is 13.9 Å². The van der Waals surface area contributed by atoms with Crippen molar-refractivity contribution in [1.29, 1.82) is 0 Å². The maximum atomic E-state index is 12.6. The van der Waals surface area contributed by atoms with E-state index in [2.05, 4.69) is 21.8 Å². The highest BCUT2D eigenvalue weighted by atomic mass is 35.5. The first-order valence-corrected chi connectivity index (χ1v) is 12.7. The summed E-state index contributed by atoms with van der Waals surface area (Å²) in [5.41, 5.74) is 1.19. The number of hydrogen-bond donors (Lipinski definition) is 1. The van der Waals surface area contributed by atoms with Crippen LogP contribution in [-0.2, 0) is 26.6 Å². The van der Waals surface area contributed by atoms with Crippen LogP contribution in [0.15, 0.2) is 59.5 Å². The highest BCUT2D eigenvalue weighted by Crippen LogP contribution is 2.14. The number of hydrogen-bond acceptors (Lipinski definition) is 5. The second-order valence-electron chi connectivity index (χ2n) is 6.83. The van der Waals surface area contributed by atoms with Crippen molar-refractivity contribution in [2.45, 2.75) is 11.4 Å². The molecule has 0 atom stereocenters. The maximum Gasteiger partial charge on any atom is 0.240 e. The van der Waals surface area contributed by atoms with E-state index < -0.39 is 20.0 Å². The summed E-state index contributed by atoms with van der Waals surface area (Å²) in [4.78, 5) is 2.26. The molecule has 7 nitrogen and oxygen atoms in total. The first-order chi connectivity index (χ1) is 13.8. The van der Waals surface area contributed by atoms with E-state index >= 15 is 0 Å². The molecule has 3 rings (SSSR count). The minimum absolute atomic E-state index is 0.0498. The molecule has 1 saturated heterocycles. The van der Waals surface area contributed by atoms with E-state index in [1.54, 1.807) is 0 Å². The summed E-state index contributed by atoms with van der Waals surface area (Å²) in [6.45, 7) is 2.70. The van der Waals surface area contributed by atoms with Crippen LogP contribution in [0.4, 0.5) is 0 Å². The molecule has 1 aliphatic heterocycles. The Morgan fingerprint density at radius 3 is 2.10 bits per heavy atom. The molecule has 0 saturated carbocycles. The van der Waals surface area contributed by atoms with Crippen LogP contribution < -0.4 is 4.72 Å². The number of halogens is 1. The van der Waals surface area contributed by atoms with Crippen molar-refractivity contribution in [2.75, 3.05) is 38.5 Å². The predicted octanol–water partition coefficient (Wildman–Crippen LogP) is 1.77. The van der Waals surface area contributed by atoms with E-state index in [9.17, 15) is 16.8 Å². The second-order valence-corrected chi connectivity index (χ2v) is 11.1. The number of rotatable bonds is 8. The van der Waals surface area contributed by atoms with Crippen LogP contribution in [0.5, 0.6) is 0 Å². The largest absolute Gasteiger partial charge is 0.296 e. The Kier molecular flexibility index (Phi) is 7.31. The molecule has 0 spiro atoms. The number of sulfonamides is 2. The Bertz CT molecular complexity index is 1010. The van der Waals surface area contributed by atoms with Gasteiger partial charge in [-0.1, -0.05) is 41.9 Å². The van der Waals surface area contributed by atoms with Gasteiger partial charge < -0.3 is 0 Å². The van der Waals surface area contributed by atoms with Gasteiger partial charge >= 0.3 is 0 Å². The molecule has 0 amide bonds. The van der Waals surface area contributed by atoms with Crippen molar-refractivity contribution in [3.63, 3.8) is 0 Å². The standard InChI is InChI=1S/C19H24ClN3O4S2/c20-18-6-8-19(9-7-18)29(26,27)21-10-15-28(24,25)23-13-11-22(12-14-23)16-17-4-2-1-3-5-17/h1-9,21H,10-16H2. The number of nitrogens with zero attached hydrogens (tertiary/aromatic N) is 2. The summed E-state index contributed by atoms with van der Waals surface area (Å²) in [6.07, 6.45) is 0. The highest BCUT2D eigenvalue weighted by Gasteiger charge is 2.27. The molecule has 1 fully saturated rings. The van der Waals surface area contributed by atoms with Crippen molar-refractivity contribution in [3.05, 3.63) is 65.2 Å². The Morgan fingerprint density at radius 2 is 1.48 bits per heavy atom. The monoisotopic (exact) mass is 457 g/mol. The van der Waals surface area contributed by atoms with Crippen LogP contribution in [0, 0.1) is 0 Å². The molecule has 0 aliphatic carbocycles. The third-order valence-corrected chi connectivity index (χ3v) is 8.35. The molecule has 1 N–H and O–H groups in total. The average Bonchev–Trinajstić information content (AvgIpc) is 2.69. The minimum Gasteiger partial charge on any atom is -0.296 e. The lowest BCUT2D eigenvalue weighted by atomic mass is 10.2. The van der Waals surface area contributed by atoms with Gasteiger partial charge in [0.05, 0.1) is 10.6 Å². The minimum atomic E-state index is -3.77. The van der Waals surface area contributed by atoms with Gasteiger partial charge in [-0.3, -0.25) is 4.90 Å². The molecule has 0 bridgehead atoms. The quantitative estimate of drug-likeness (QED) is 0.652. The lowest BCUT2D eigenvalue weighted by Crippen LogP contribution is -2.49. The van der Waals surface area contributed by atoms with Gasteiger partial charge in [0.15, 0.2) is 0 Å². The van der Waals surface area contributed by atoms with Crippen molar-refractivity contribution in [3.8, 4) is 0 Å². The van der Waals surface area contributed by atoms with E-state index in [4.69, 9.17) is 11.6 Å². The van der Waals surface area contributed by atoms with Crippen molar-refractivity contribution < 1.29 is 16.8 Å². The molecule has 158 valence electrons. The van der Waals surface area contributed by atoms with Crippen molar-refractivity contribution in [2.24, 2.45) is 0 Å². The molecule has 29 heavy (non-hydrogen) atoms. The van der Waals surface area contributed by atoms with Gasteiger partial charge in [-0.25, -0.2) is 21.6 Å². The fourth-order valence-electron chi connectivity index (χ4n) is 3.14. The number of benzene rings is 2. The van der Waals surface area contributed by atoms with E-state index in [-0.39, 0.29) is 17.2 Å². The smallest absolute Gasteiger partial charge is 0.240 e. The number of piperazine rings is 1. The summed E-state index contributed by atoms with van der Waals surface area (Å²) in [5.74, 6) is -0.279. The van der Waals surface area contributed by atoms with Gasteiger partial charge in [0.1, 0.15) is 0 Å². The van der Waals surface area contributed by atoms with Gasteiger partial charge in [0.2, 0.25) is 20.0 Å². The third kappa shape index (κ3) is 6.24. The zero-order valence-corrected chi connectivity index (χ0v) is 18.3. The molecule has 0 radical (unpaired) electrons. The zero-order valence-electron chi connectivity index (χ0n) is 15.9. The van der Waals surface area contributed by atoms with E-state index in [1.807, 2.05) is 18.2 Å². The molecule has 1 aliphatic rings. The van der Waals surface area contributed by atoms with E-state index in [1.165, 1.54) is 34.1 Å². The topological polar surface area (TPSA) is 86.8 Å². The first kappa shape index (κ1) is 22.2. The molecule has 1 heterocycles. The fourth-order valence-corrected chi connectivity index (χ4v) is 5.76. The Labute approximate surface area is 177 Å². The fraction of sp³-hybridized carbons (Fsp3) is 0.368. The summed E-state index contributed by atoms with van der Waals surface area (Å²) in [6, 6.07) is 15.8. The lowest BCUT2D eigenvalue weighted by molar-refractivity contribution is 0.181. The van der Waals surface area contributed by atoms with Crippen LogP contribution in [0.1, 0.15) is 5.56 Å². The van der Waals surface area contributed by atoms with Gasteiger partial charge in [0, 0.05) is 44.3 Å². The lowest BCUT2D eigenvalue weighted by Gasteiger charge is -2.34. The van der Waals surface area contributed by atoms with Gasteiger partial charge in [-0.15, -0.1) is 0 Å². The van der Waals surface area contributed by atoms with Crippen LogP contribution in [0.2, 0.25) is 5.02 Å². The molecule has 0 aromatic heterocycles. The summed E-state index contributed by atoms with van der Waals surface area (Å²) in [7, 11) is -7.31. The van der Waals surface area contributed by atoms with Crippen LogP contribution in [0.25, 0.3) is 0 Å². The molecule has 10 heteroatoms. The summed E-state index contributed by atoms with van der Waals surface area (Å²) >= 11 is 5.76. The highest BCUT2D eigenvalue weighted by molar-refractivity contribution is 7.90. The van der Waals surface area contributed by atoms with E-state index in [0.717, 1.165) is 6.54 Å². The first-order valence-electron chi connectivity index (χ1n) is 9.26. The summed E-state index contributed by atoms with van der Waals surface area (Å²) in [5, 5.41) is 0.429. The van der Waals surface area contributed by atoms with Crippen LogP contribution >= 0.6 is 11.6 Å². The molecule has 2 aromatic rings. The molecular weight excluding hydrogens is 434 g/mol. The number of nitrogens with one attached hydrogen (secondary N) is 1. The van der Waals surface area contributed by atoms with Gasteiger partial charge in [-0.2, -0.15) is 4.31 Å². The third-order valence-electron chi connectivity index (χ3n) is 4.75. The second kappa shape index (κ2) is 9.55. The Morgan fingerprint density at radius 1 is 0.862 bits per heavy atom. The Balaban J connectivity index is 1.48. The van der Waals surface area contributed by atoms with Crippen LogP contribution in [-0.4, -0.2) is 64.5 Å². The van der Waals surface area contributed by atoms with Gasteiger partial charge in [0.25, 0.3) is 0 Å².